The number of terminal acetylenes is 1. The normalized spacial score (nSPS) is 14.9. The summed E-state index contributed by atoms with van der Waals surface area (Å²) in [6, 6.07) is 11.7. The highest BCUT2D eigenvalue weighted by Gasteiger charge is 2.34. The first-order valence-corrected chi connectivity index (χ1v) is 9.93. The number of carbonyl (C=O) groups is 3. The predicted octanol–water partition coefficient (Wildman–Crippen LogP) is 4.40. The molecule has 0 unspecified atom stereocenters. The number of amides is 2. The number of nitrogens with zero attached hydrogens (tertiary/aromatic N) is 1. The van der Waals surface area contributed by atoms with Gasteiger partial charge in [0, 0.05) is 10.0 Å². The average molecular weight is 472 g/mol. The predicted molar refractivity (Wildman–Crippen MR) is 113 cm³/mol. The Kier molecular flexibility index (Phi) is 6.42. The Hall–Kier alpha value is -3.02. The van der Waals surface area contributed by atoms with E-state index in [4.69, 9.17) is 16.3 Å². The highest BCUT2D eigenvalue weighted by Crippen LogP contribution is 2.34. The second-order valence-corrected chi connectivity index (χ2v) is 7.85. The van der Waals surface area contributed by atoms with Crippen molar-refractivity contribution in [2.45, 2.75) is 6.61 Å². The number of hydrogen-bond donors (Lipinski definition) is 1. The summed E-state index contributed by atoms with van der Waals surface area (Å²) in [7, 11) is 0. The number of benzene rings is 2. The molecule has 2 aromatic rings. The van der Waals surface area contributed by atoms with Gasteiger partial charge in [-0.2, -0.15) is 0 Å². The van der Waals surface area contributed by atoms with E-state index < -0.39 is 17.1 Å². The maximum Gasteiger partial charge on any atom is 0.335 e. The van der Waals surface area contributed by atoms with Crippen LogP contribution in [-0.2, 0) is 11.4 Å². The molecule has 1 aliphatic heterocycles. The van der Waals surface area contributed by atoms with Crippen molar-refractivity contribution in [2.75, 3.05) is 6.54 Å². The second kappa shape index (κ2) is 8.99. The van der Waals surface area contributed by atoms with E-state index in [1.165, 1.54) is 12.1 Å². The van der Waals surface area contributed by atoms with Gasteiger partial charge < -0.3 is 9.84 Å². The monoisotopic (exact) mass is 471 g/mol. The largest absolute Gasteiger partial charge is 0.488 e. The first-order valence-electron chi connectivity index (χ1n) is 8.32. The van der Waals surface area contributed by atoms with E-state index in [0.29, 0.717) is 11.3 Å². The Morgan fingerprint density at radius 2 is 1.97 bits per heavy atom. The highest BCUT2D eigenvalue weighted by atomic mass is 79.9. The van der Waals surface area contributed by atoms with E-state index in [-0.39, 0.29) is 23.6 Å². The Morgan fingerprint density at radius 3 is 2.62 bits per heavy atom. The summed E-state index contributed by atoms with van der Waals surface area (Å²) in [6.45, 7) is 0.136. The van der Waals surface area contributed by atoms with E-state index in [9.17, 15) is 14.4 Å². The van der Waals surface area contributed by atoms with Crippen LogP contribution < -0.4 is 4.74 Å². The van der Waals surface area contributed by atoms with Gasteiger partial charge in [-0.3, -0.25) is 14.5 Å². The van der Waals surface area contributed by atoms with Gasteiger partial charge in [-0.1, -0.05) is 34.0 Å². The molecule has 1 fully saturated rings. The fraction of sp³-hybridized carbons (Fsp3) is 0.0952. The number of carboxylic acid groups (broad SMARTS) is 1. The van der Waals surface area contributed by atoms with E-state index in [2.05, 4.69) is 21.9 Å². The maximum absolute atomic E-state index is 12.4. The number of hydrogen-bond acceptors (Lipinski definition) is 5. The van der Waals surface area contributed by atoms with Crippen molar-refractivity contribution in [2.24, 2.45) is 0 Å². The number of imide groups is 1. The fourth-order valence-corrected chi connectivity index (χ4v) is 3.74. The first-order chi connectivity index (χ1) is 13.9. The summed E-state index contributed by atoms with van der Waals surface area (Å²) in [6.07, 6.45) is 6.80. The fourth-order valence-electron chi connectivity index (χ4n) is 2.54. The summed E-state index contributed by atoms with van der Waals surface area (Å²) in [5, 5.41) is 8.56. The molecule has 2 aromatic carbocycles. The Balaban J connectivity index is 1.81. The number of carboxylic acids is 1. The first kappa shape index (κ1) is 20.7. The summed E-state index contributed by atoms with van der Waals surface area (Å²) < 4.78 is 6.64. The number of rotatable bonds is 6. The van der Waals surface area contributed by atoms with E-state index >= 15 is 0 Å². The molecule has 8 heteroatoms. The molecule has 1 heterocycles. The zero-order valence-electron chi connectivity index (χ0n) is 14.9. The molecule has 1 saturated heterocycles. The van der Waals surface area contributed by atoms with Crippen LogP contribution in [0, 0.1) is 12.3 Å². The van der Waals surface area contributed by atoms with Crippen LogP contribution in [0.3, 0.4) is 0 Å². The molecule has 0 aliphatic carbocycles. The lowest BCUT2D eigenvalue weighted by Crippen LogP contribution is -2.28. The lowest BCUT2D eigenvalue weighted by atomic mass is 10.1. The molecule has 0 atom stereocenters. The summed E-state index contributed by atoms with van der Waals surface area (Å²) in [5.74, 6) is 1.38. The van der Waals surface area contributed by atoms with Crippen molar-refractivity contribution in [3.8, 4) is 18.1 Å². The van der Waals surface area contributed by atoms with Crippen LogP contribution in [0.25, 0.3) is 6.08 Å². The van der Waals surface area contributed by atoms with Gasteiger partial charge >= 0.3 is 5.97 Å². The number of ether oxygens (including phenoxy) is 1. The minimum atomic E-state index is -0.994. The SMILES string of the molecule is C#CCN1C(=O)S/C(=C\c2cc(Br)ccc2OCc2ccc(C(=O)O)cc2)C1=O. The molecule has 29 heavy (non-hydrogen) atoms. The van der Waals surface area contributed by atoms with Crippen molar-refractivity contribution in [1.29, 1.82) is 0 Å². The number of thioether (sulfide) groups is 1. The van der Waals surface area contributed by atoms with Crippen molar-refractivity contribution in [1.82, 2.24) is 4.90 Å². The Bertz CT molecular complexity index is 1060. The van der Waals surface area contributed by atoms with E-state index in [1.54, 1.807) is 36.4 Å². The molecule has 0 spiro atoms. The van der Waals surface area contributed by atoms with Crippen LogP contribution >= 0.6 is 27.7 Å². The maximum atomic E-state index is 12.4. The third-order valence-electron chi connectivity index (χ3n) is 3.98. The van der Waals surface area contributed by atoms with Crippen LogP contribution in [0.4, 0.5) is 4.79 Å². The topological polar surface area (TPSA) is 83.9 Å². The molecule has 146 valence electrons. The van der Waals surface area contributed by atoms with Gasteiger partial charge in [-0.25, -0.2) is 4.79 Å². The summed E-state index contributed by atoms with van der Waals surface area (Å²) in [4.78, 5) is 36.6. The zero-order chi connectivity index (χ0) is 21.0. The molecule has 0 aromatic heterocycles. The molecule has 2 amide bonds. The molecule has 0 bridgehead atoms. The smallest absolute Gasteiger partial charge is 0.335 e. The molecule has 1 N–H and O–H groups in total. The van der Waals surface area contributed by atoms with Gasteiger partial charge in [0.05, 0.1) is 17.0 Å². The number of aromatic carboxylic acids is 1. The molecule has 0 radical (unpaired) electrons. The summed E-state index contributed by atoms with van der Waals surface area (Å²) >= 11 is 4.22. The molecular weight excluding hydrogens is 458 g/mol. The van der Waals surface area contributed by atoms with Crippen molar-refractivity contribution in [3.05, 3.63) is 68.5 Å². The molecule has 6 nitrogen and oxygen atoms in total. The van der Waals surface area contributed by atoms with Crippen molar-refractivity contribution < 1.29 is 24.2 Å². The Morgan fingerprint density at radius 1 is 1.24 bits per heavy atom. The summed E-state index contributed by atoms with van der Waals surface area (Å²) in [5.41, 5.74) is 1.60. The van der Waals surface area contributed by atoms with E-state index in [0.717, 1.165) is 26.7 Å². The van der Waals surface area contributed by atoms with Gasteiger partial charge in [-0.05, 0) is 53.7 Å². The quantitative estimate of drug-likeness (QED) is 0.496. The number of carbonyl (C=O) groups excluding carboxylic acids is 2. The molecule has 1 aliphatic rings. The van der Waals surface area contributed by atoms with Crippen LogP contribution in [0.15, 0.2) is 51.8 Å². The zero-order valence-corrected chi connectivity index (χ0v) is 17.3. The molecule has 3 rings (SSSR count). The third-order valence-corrected chi connectivity index (χ3v) is 5.38. The molecule has 0 saturated carbocycles. The third kappa shape index (κ3) is 4.88. The van der Waals surface area contributed by atoms with Crippen LogP contribution in [0.1, 0.15) is 21.5 Å². The van der Waals surface area contributed by atoms with Gasteiger partial charge in [0.25, 0.3) is 11.1 Å². The minimum absolute atomic E-state index is 0.0732. The van der Waals surface area contributed by atoms with Gasteiger partial charge in [0.15, 0.2) is 0 Å². The van der Waals surface area contributed by atoms with Gasteiger partial charge in [0.1, 0.15) is 12.4 Å². The van der Waals surface area contributed by atoms with Gasteiger partial charge in [0.2, 0.25) is 0 Å². The Labute approximate surface area is 179 Å². The van der Waals surface area contributed by atoms with Gasteiger partial charge in [-0.15, -0.1) is 6.42 Å². The molecular formula is C21H14BrNO5S. The highest BCUT2D eigenvalue weighted by molar-refractivity contribution is 9.10. The minimum Gasteiger partial charge on any atom is -0.488 e. The van der Waals surface area contributed by atoms with Crippen LogP contribution in [-0.4, -0.2) is 33.7 Å². The lowest BCUT2D eigenvalue weighted by molar-refractivity contribution is -0.122. The van der Waals surface area contributed by atoms with E-state index in [1.807, 2.05) is 0 Å². The van der Waals surface area contributed by atoms with Crippen LogP contribution in [0.2, 0.25) is 0 Å². The van der Waals surface area contributed by atoms with Crippen molar-refractivity contribution in [3.63, 3.8) is 0 Å². The van der Waals surface area contributed by atoms with Crippen LogP contribution in [0.5, 0.6) is 5.75 Å². The van der Waals surface area contributed by atoms with Crippen molar-refractivity contribution >= 4 is 50.9 Å². The second-order valence-electron chi connectivity index (χ2n) is 5.94. The average Bonchev–Trinajstić information content (AvgIpc) is 2.95. The number of halogens is 1. The lowest BCUT2D eigenvalue weighted by Gasteiger charge is -2.11. The standard InChI is InChI=1S/C21H14BrNO5S/c1-2-9-23-19(24)18(29-21(23)27)11-15-10-16(22)7-8-17(15)28-12-13-3-5-14(6-4-13)20(25)26/h1,3-8,10-11H,9,12H2,(H,25,26)/b18-11-.